The van der Waals surface area contributed by atoms with Gasteiger partial charge in [0.25, 0.3) is 0 Å². The molecule has 2 aromatic heterocycles. The predicted molar refractivity (Wildman–Crippen MR) is 89.8 cm³/mol. The Balaban J connectivity index is 1.70. The fraction of sp³-hybridized carbons (Fsp3) is 0.467. The molecule has 1 unspecified atom stereocenters. The molecule has 3 heterocycles. The number of aromatic nitrogens is 3. The van der Waals surface area contributed by atoms with Crippen molar-refractivity contribution >= 4 is 28.2 Å². The van der Waals surface area contributed by atoms with E-state index in [2.05, 4.69) is 20.4 Å². The molecule has 8 heteroatoms. The standard InChI is InChI=1S/C15H20N6OS/c1-10-19-20-15(23-10)18-14-6-2-5-12(17-14)11-4-3-7-21(8-11)9-13(16)22/h2,5-6,11H,3-4,7-9H2,1H3,(H2,16,22)(H,17,18,20). The Labute approximate surface area is 138 Å². The van der Waals surface area contributed by atoms with E-state index in [1.165, 1.54) is 11.3 Å². The summed E-state index contributed by atoms with van der Waals surface area (Å²) < 4.78 is 0. The van der Waals surface area contributed by atoms with Gasteiger partial charge in [-0.25, -0.2) is 4.98 Å². The first kappa shape index (κ1) is 15.8. The highest BCUT2D eigenvalue weighted by atomic mass is 32.1. The van der Waals surface area contributed by atoms with E-state index >= 15 is 0 Å². The summed E-state index contributed by atoms with van der Waals surface area (Å²) in [6.45, 7) is 3.97. The smallest absolute Gasteiger partial charge is 0.231 e. The third-order valence-corrected chi connectivity index (χ3v) is 4.59. The van der Waals surface area contributed by atoms with Gasteiger partial charge >= 0.3 is 0 Å². The number of hydrogen-bond acceptors (Lipinski definition) is 7. The number of rotatable bonds is 5. The summed E-state index contributed by atoms with van der Waals surface area (Å²) in [5, 5.41) is 12.9. The molecule has 7 nitrogen and oxygen atoms in total. The van der Waals surface area contributed by atoms with E-state index in [1.807, 2.05) is 25.1 Å². The highest BCUT2D eigenvalue weighted by Crippen LogP contribution is 2.27. The summed E-state index contributed by atoms with van der Waals surface area (Å²) in [5.41, 5.74) is 6.33. The van der Waals surface area contributed by atoms with Crippen molar-refractivity contribution in [2.24, 2.45) is 5.73 Å². The summed E-state index contributed by atoms with van der Waals surface area (Å²) in [5.74, 6) is 0.812. The third kappa shape index (κ3) is 4.23. The lowest BCUT2D eigenvalue weighted by Gasteiger charge is -2.31. The molecule has 1 amide bonds. The molecule has 23 heavy (non-hydrogen) atoms. The summed E-state index contributed by atoms with van der Waals surface area (Å²) in [7, 11) is 0. The zero-order chi connectivity index (χ0) is 16.2. The maximum atomic E-state index is 11.1. The molecule has 0 aliphatic carbocycles. The highest BCUT2D eigenvalue weighted by Gasteiger charge is 2.23. The minimum Gasteiger partial charge on any atom is -0.369 e. The number of nitrogens with two attached hydrogens (primary N) is 1. The number of carbonyl (C=O) groups excluding carboxylic acids is 1. The van der Waals surface area contributed by atoms with Crippen LogP contribution in [0.2, 0.25) is 0 Å². The molecule has 2 aromatic rings. The molecule has 122 valence electrons. The average molecular weight is 332 g/mol. The SMILES string of the molecule is Cc1nnc(Nc2cccc(C3CCCN(CC(N)=O)C3)n2)s1. The van der Waals surface area contributed by atoms with Crippen LogP contribution in [0, 0.1) is 6.92 Å². The van der Waals surface area contributed by atoms with Crippen LogP contribution < -0.4 is 11.1 Å². The van der Waals surface area contributed by atoms with Crippen LogP contribution in [0.3, 0.4) is 0 Å². The number of amides is 1. The molecule has 0 bridgehead atoms. The Kier molecular flexibility index (Phi) is 4.82. The Morgan fingerprint density at radius 1 is 1.48 bits per heavy atom. The number of likely N-dealkylation sites (tertiary alicyclic amines) is 1. The quantitative estimate of drug-likeness (QED) is 0.864. The number of anilines is 2. The van der Waals surface area contributed by atoms with Crippen LogP contribution in [0.25, 0.3) is 0 Å². The monoisotopic (exact) mass is 332 g/mol. The minimum atomic E-state index is -0.277. The van der Waals surface area contributed by atoms with Crippen LogP contribution >= 0.6 is 11.3 Å². The number of pyridine rings is 1. The molecule has 0 spiro atoms. The molecule has 0 aromatic carbocycles. The number of carbonyl (C=O) groups is 1. The van der Waals surface area contributed by atoms with Gasteiger partial charge < -0.3 is 11.1 Å². The highest BCUT2D eigenvalue weighted by molar-refractivity contribution is 7.15. The lowest BCUT2D eigenvalue weighted by atomic mass is 9.94. The maximum Gasteiger partial charge on any atom is 0.231 e. The van der Waals surface area contributed by atoms with Gasteiger partial charge in [0, 0.05) is 18.2 Å². The molecule has 3 rings (SSSR count). The van der Waals surface area contributed by atoms with Crippen LogP contribution in [0.5, 0.6) is 0 Å². The van der Waals surface area contributed by atoms with Gasteiger partial charge in [-0.15, -0.1) is 10.2 Å². The van der Waals surface area contributed by atoms with Gasteiger partial charge in [-0.2, -0.15) is 0 Å². The van der Waals surface area contributed by atoms with Gasteiger partial charge in [0.15, 0.2) is 0 Å². The Bertz CT molecular complexity index is 688. The average Bonchev–Trinajstić information content (AvgIpc) is 2.92. The summed E-state index contributed by atoms with van der Waals surface area (Å²) >= 11 is 1.50. The Morgan fingerprint density at radius 3 is 3.09 bits per heavy atom. The molecule has 3 N–H and O–H groups in total. The molecule has 1 saturated heterocycles. The number of nitrogens with one attached hydrogen (secondary N) is 1. The van der Waals surface area contributed by atoms with Crippen molar-refractivity contribution in [3.63, 3.8) is 0 Å². The summed E-state index contributed by atoms with van der Waals surface area (Å²) in [6.07, 6.45) is 2.12. The van der Waals surface area contributed by atoms with Crippen molar-refractivity contribution in [3.8, 4) is 0 Å². The molecule has 1 aliphatic rings. The molecule has 1 fully saturated rings. The van der Waals surface area contributed by atoms with Crippen LogP contribution in [-0.4, -0.2) is 45.6 Å². The van der Waals surface area contributed by atoms with Crippen molar-refractivity contribution in [2.45, 2.75) is 25.7 Å². The second kappa shape index (κ2) is 7.01. The molecular formula is C15H20N6OS. The molecule has 1 aliphatic heterocycles. The van der Waals surface area contributed by atoms with E-state index in [0.29, 0.717) is 12.5 Å². The fourth-order valence-electron chi connectivity index (χ4n) is 2.87. The van der Waals surface area contributed by atoms with E-state index in [9.17, 15) is 4.79 Å². The van der Waals surface area contributed by atoms with Crippen LogP contribution in [-0.2, 0) is 4.79 Å². The first-order chi connectivity index (χ1) is 11.1. The van der Waals surface area contributed by atoms with Gasteiger partial charge in [0.1, 0.15) is 10.8 Å². The van der Waals surface area contributed by atoms with E-state index in [0.717, 1.165) is 47.6 Å². The van der Waals surface area contributed by atoms with E-state index < -0.39 is 0 Å². The first-order valence-electron chi connectivity index (χ1n) is 7.65. The topological polar surface area (TPSA) is 97.0 Å². The largest absolute Gasteiger partial charge is 0.369 e. The third-order valence-electron chi connectivity index (χ3n) is 3.83. The van der Waals surface area contributed by atoms with Crippen LogP contribution in [0.1, 0.15) is 29.5 Å². The second-order valence-corrected chi connectivity index (χ2v) is 6.92. The molecular weight excluding hydrogens is 312 g/mol. The molecule has 1 atom stereocenters. The minimum absolute atomic E-state index is 0.277. The van der Waals surface area contributed by atoms with E-state index in [-0.39, 0.29) is 5.91 Å². The number of piperidine rings is 1. The van der Waals surface area contributed by atoms with Gasteiger partial charge in [0.05, 0.1) is 6.54 Å². The van der Waals surface area contributed by atoms with Gasteiger partial charge in [-0.05, 0) is 38.4 Å². The van der Waals surface area contributed by atoms with Crippen LogP contribution in [0.15, 0.2) is 18.2 Å². The van der Waals surface area contributed by atoms with E-state index in [1.54, 1.807) is 0 Å². The predicted octanol–water partition coefficient (Wildman–Crippen LogP) is 1.65. The maximum absolute atomic E-state index is 11.1. The normalized spacial score (nSPS) is 18.7. The Morgan fingerprint density at radius 2 is 2.35 bits per heavy atom. The van der Waals surface area contributed by atoms with Crippen molar-refractivity contribution in [3.05, 3.63) is 28.9 Å². The van der Waals surface area contributed by atoms with Crippen molar-refractivity contribution in [1.82, 2.24) is 20.1 Å². The van der Waals surface area contributed by atoms with Gasteiger partial charge in [-0.1, -0.05) is 17.4 Å². The van der Waals surface area contributed by atoms with Crippen molar-refractivity contribution in [1.29, 1.82) is 0 Å². The second-order valence-electron chi connectivity index (χ2n) is 5.74. The zero-order valence-electron chi connectivity index (χ0n) is 13.0. The van der Waals surface area contributed by atoms with E-state index in [4.69, 9.17) is 10.7 Å². The van der Waals surface area contributed by atoms with Crippen molar-refractivity contribution < 1.29 is 4.79 Å². The fourth-order valence-corrected chi connectivity index (χ4v) is 3.46. The number of nitrogens with zero attached hydrogens (tertiary/aromatic N) is 4. The lowest BCUT2D eigenvalue weighted by Crippen LogP contribution is -2.40. The summed E-state index contributed by atoms with van der Waals surface area (Å²) in [6, 6.07) is 5.95. The molecule has 0 radical (unpaired) electrons. The van der Waals surface area contributed by atoms with Crippen LogP contribution in [0.4, 0.5) is 10.9 Å². The lowest BCUT2D eigenvalue weighted by molar-refractivity contribution is -0.119. The van der Waals surface area contributed by atoms with Gasteiger partial charge in [0.2, 0.25) is 11.0 Å². The Hall–Kier alpha value is -2.06. The number of aryl methyl sites for hydroxylation is 1. The van der Waals surface area contributed by atoms with Gasteiger partial charge in [-0.3, -0.25) is 9.69 Å². The first-order valence-corrected chi connectivity index (χ1v) is 8.46. The molecule has 0 saturated carbocycles. The number of primary amides is 1. The summed E-state index contributed by atoms with van der Waals surface area (Å²) in [4.78, 5) is 17.9. The number of hydrogen-bond donors (Lipinski definition) is 2. The van der Waals surface area contributed by atoms with Crippen molar-refractivity contribution in [2.75, 3.05) is 25.0 Å². The zero-order valence-corrected chi connectivity index (χ0v) is 13.8.